The lowest BCUT2D eigenvalue weighted by Crippen LogP contribution is -2.51. The maximum absolute atomic E-state index is 13.4. The zero-order valence-corrected chi connectivity index (χ0v) is 18.8. The largest absolute Gasteiger partial charge is 0.396 e. The van der Waals surface area contributed by atoms with Gasteiger partial charge in [-0.25, -0.2) is 8.42 Å². The number of nitriles is 1. The Morgan fingerprint density at radius 3 is 2.82 bits per heavy atom. The first-order valence-electron chi connectivity index (χ1n) is 10.8. The van der Waals surface area contributed by atoms with Gasteiger partial charge >= 0.3 is 0 Å². The maximum Gasteiger partial charge on any atom is 0.241 e. The molecule has 1 fully saturated rings. The number of nitrogens with one attached hydrogen (secondary N) is 2. The molecule has 174 valence electrons. The van der Waals surface area contributed by atoms with Gasteiger partial charge in [0.1, 0.15) is 17.8 Å². The van der Waals surface area contributed by atoms with E-state index < -0.39 is 16.1 Å². The molecule has 1 aromatic carbocycles. The van der Waals surface area contributed by atoms with Crippen LogP contribution in [0.2, 0.25) is 0 Å². The summed E-state index contributed by atoms with van der Waals surface area (Å²) in [6.45, 7) is 1.20. The van der Waals surface area contributed by atoms with Crippen LogP contribution in [0.1, 0.15) is 25.0 Å². The number of sulfonamides is 1. The van der Waals surface area contributed by atoms with Gasteiger partial charge in [0.15, 0.2) is 0 Å². The number of aliphatic hydroxyl groups excluding tert-OH is 1. The lowest BCUT2D eigenvalue weighted by molar-refractivity contribution is -0.134. The highest BCUT2D eigenvalue weighted by atomic mass is 32.2. The maximum atomic E-state index is 13.4. The lowest BCUT2D eigenvalue weighted by Gasteiger charge is -2.33. The van der Waals surface area contributed by atoms with Crippen molar-refractivity contribution in [3.05, 3.63) is 48.4 Å². The van der Waals surface area contributed by atoms with E-state index in [-0.39, 0.29) is 36.3 Å². The third-order valence-corrected chi connectivity index (χ3v) is 7.61. The summed E-state index contributed by atoms with van der Waals surface area (Å²) in [4.78, 5) is 18.1. The van der Waals surface area contributed by atoms with E-state index in [9.17, 15) is 23.6 Å². The minimum atomic E-state index is -4.01. The Morgan fingerprint density at radius 2 is 2.09 bits per heavy atom. The number of aryl methyl sites for hydroxylation is 1. The molecule has 3 aromatic rings. The molecule has 0 saturated carbocycles. The van der Waals surface area contributed by atoms with Crippen molar-refractivity contribution in [3.8, 4) is 6.07 Å². The molecule has 0 bridgehead atoms. The van der Waals surface area contributed by atoms with Crippen LogP contribution in [-0.2, 0) is 21.4 Å². The fourth-order valence-corrected chi connectivity index (χ4v) is 5.63. The normalized spacial score (nSPS) is 16.1. The highest BCUT2D eigenvalue weighted by molar-refractivity contribution is 7.89. The fraction of sp³-hybridized carbons (Fsp3) is 0.409. The molecule has 0 spiro atoms. The van der Waals surface area contributed by atoms with Gasteiger partial charge in [-0.3, -0.25) is 9.48 Å². The van der Waals surface area contributed by atoms with E-state index in [4.69, 9.17) is 0 Å². The molecule has 3 heterocycles. The number of aliphatic hydroxyl groups is 1. The summed E-state index contributed by atoms with van der Waals surface area (Å²) in [5, 5.41) is 23.2. The number of hydrogen-bond acceptors (Lipinski definition) is 6. The Bertz CT molecular complexity index is 1270. The zero-order valence-electron chi connectivity index (χ0n) is 18.0. The monoisotopic (exact) mass is 470 g/mol. The van der Waals surface area contributed by atoms with Crippen LogP contribution in [-0.4, -0.2) is 64.8 Å². The van der Waals surface area contributed by atoms with Crippen LogP contribution >= 0.6 is 0 Å². The van der Waals surface area contributed by atoms with Gasteiger partial charge in [0.05, 0.1) is 11.1 Å². The third kappa shape index (κ3) is 4.93. The van der Waals surface area contributed by atoms with Crippen LogP contribution in [0.5, 0.6) is 0 Å². The van der Waals surface area contributed by atoms with Crippen LogP contribution < -0.4 is 4.72 Å². The Labute approximate surface area is 191 Å². The number of carbonyl (C=O) groups excluding carboxylic acids is 1. The van der Waals surface area contributed by atoms with Crippen molar-refractivity contribution in [2.45, 2.75) is 36.7 Å². The quantitative estimate of drug-likeness (QED) is 0.451. The fourth-order valence-electron chi connectivity index (χ4n) is 4.19. The second-order valence-corrected chi connectivity index (χ2v) is 9.84. The number of aromatic amines is 1. The van der Waals surface area contributed by atoms with Gasteiger partial charge < -0.3 is 15.0 Å². The van der Waals surface area contributed by atoms with Gasteiger partial charge in [-0.05, 0) is 49.4 Å². The molecular formula is C22H26N6O4S. The SMILES string of the molecule is N#Cc1ccnn1CCC(NS(=O)(=O)c1cccc2[nH]ccc12)C(=O)N1CCC(CO)CC1. The zero-order chi connectivity index (χ0) is 23.4. The molecule has 11 heteroatoms. The second kappa shape index (κ2) is 9.74. The van der Waals surface area contributed by atoms with Gasteiger partial charge in [0, 0.05) is 43.3 Å². The van der Waals surface area contributed by atoms with Crippen LogP contribution in [0, 0.1) is 17.2 Å². The summed E-state index contributed by atoms with van der Waals surface area (Å²) in [6.07, 6.45) is 4.63. The first-order chi connectivity index (χ1) is 15.9. The number of piperidine rings is 1. The molecule has 1 aliphatic heterocycles. The summed E-state index contributed by atoms with van der Waals surface area (Å²) in [5.41, 5.74) is 1.02. The molecule has 1 aliphatic rings. The van der Waals surface area contributed by atoms with Gasteiger partial charge in [0.25, 0.3) is 0 Å². The number of hydrogen-bond donors (Lipinski definition) is 3. The van der Waals surface area contributed by atoms with Crippen LogP contribution in [0.15, 0.2) is 47.6 Å². The highest BCUT2D eigenvalue weighted by Gasteiger charge is 2.32. The molecule has 1 amide bonds. The van der Waals surface area contributed by atoms with Crippen molar-refractivity contribution in [2.75, 3.05) is 19.7 Å². The van der Waals surface area contributed by atoms with Crippen molar-refractivity contribution >= 4 is 26.8 Å². The Balaban J connectivity index is 1.58. The molecule has 1 atom stereocenters. The molecule has 10 nitrogen and oxygen atoms in total. The van der Waals surface area contributed by atoms with E-state index in [2.05, 4.69) is 14.8 Å². The average molecular weight is 471 g/mol. The predicted octanol–water partition coefficient (Wildman–Crippen LogP) is 1.20. The standard InChI is InChI=1S/C22H26N6O4S/c23-14-17-4-10-25-28(17)13-8-20(22(30)27-11-6-16(15-29)7-12-27)26-33(31,32)21-3-1-2-19-18(21)5-9-24-19/h1-5,9-10,16,20,24,26,29H,6-8,11-13,15H2. The summed E-state index contributed by atoms with van der Waals surface area (Å²) in [7, 11) is -4.01. The molecule has 4 rings (SSSR count). The number of H-pyrrole nitrogens is 1. The van der Waals surface area contributed by atoms with Crippen LogP contribution in [0.4, 0.5) is 0 Å². The molecule has 1 saturated heterocycles. The summed E-state index contributed by atoms with van der Waals surface area (Å²) in [5.74, 6) is -0.167. The van der Waals surface area contributed by atoms with E-state index >= 15 is 0 Å². The first kappa shape index (κ1) is 23.0. The average Bonchev–Trinajstić information content (AvgIpc) is 3.50. The molecular weight excluding hydrogens is 444 g/mol. The van der Waals surface area contributed by atoms with E-state index in [0.717, 1.165) is 0 Å². The number of benzene rings is 1. The van der Waals surface area contributed by atoms with Crippen molar-refractivity contribution < 1.29 is 18.3 Å². The van der Waals surface area contributed by atoms with Gasteiger partial charge in [-0.15, -0.1) is 0 Å². The third-order valence-electron chi connectivity index (χ3n) is 6.09. The van der Waals surface area contributed by atoms with Crippen molar-refractivity contribution in [1.29, 1.82) is 5.26 Å². The van der Waals surface area contributed by atoms with Crippen LogP contribution in [0.25, 0.3) is 10.9 Å². The minimum Gasteiger partial charge on any atom is -0.396 e. The molecule has 33 heavy (non-hydrogen) atoms. The second-order valence-electron chi connectivity index (χ2n) is 8.16. The highest BCUT2D eigenvalue weighted by Crippen LogP contribution is 2.23. The smallest absolute Gasteiger partial charge is 0.241 e. The first-order valence-corrected chi connectivity index (χ1v) is 12.3. The molecule has 3 N–H and O–H groups in total. The van der Waals surface area contributed by atoms with E-state index in [1.165, 1.54) is 16.9 Å². The molecule has 0 radical (unpaired) electrons. The number of carbonyl (C=O) groups is 1. The van der Waals surface area contributed by atoms with Gasteiger partial charge in [-0.1, -0.05) is 6.07 Å². The van der Waals surface area contributed by atoms with E-state index in [1.54, 1.807) is 35.4 Å². The van der Waals surface area contributed by atoms with Crippen molar-refractivity contribution in [2.24, 2.45) is 5.92 Å². The van der Waals surface area contributed by atoms with Crippen molar-refractivity contribution in [3.63, 3.8) is 0 Å². The summed E-state index contributed by atoms with van der Waals surface area (Å²) < 4.78 is 30.7. The number of fused-ring (bicyclic) bond motifs is 1. The van der Waals surface area contributed by atoms with Crippen molar-refractivity contribution in [1.82, 2.24) is 24.4 Å². The molecule has 1 unspecified atom stereocenters. The van der Waals surface area contributed by atoms with E-state index in [1.807, 2.05) is 6.07 Å². The topological polar surface area (TPSA) is 144 Å². The minimum absolute atomic E-state index is 0.0784. The Hall–Kier alpha value is -3.20. The Kier molecular flexibility index (Phi) is 6.78. The Morgan fingerprint density at radius 1 is 1.30 bits per heavy atom. The number of likely N-dealkylation sites (tertiary alicyclic amines) is 1. The predicted molar refractivity (Wildman–Crippen MR) is 120 cm³/mol. The molecule has 2 aromatic heterocycles. The van der Waals surface area contributed by atoms with Gasteiger partial charge in [-0.2, -0.15) is 15.1 Å². The number of rotatable bonds is 8. The summed E-state index contributed by atoms with van der Waals surface area (Å²) >= 11 is 0. The van der Waals surface area contributed by atoms with Crippen LogP contribution in [0.3, 0.4) is 0 Å². The summed E-state index contributed by atoms with van der Waals surface area (Å²) in [6, 6.07) is 9.19. The lowest BCUT2D eigenvalue weighted by atomic mass is 9.97. The van der Waals surface area contributed by atoms with E-state index in [0.29, 0.717) is 42.5 Å². The number of amides is 1. The number of nitrogens with zero attached hydrogens (tertiary/aromatic N) is 4. The van der Waals surface area contributed by atoms with Gasteiger partial charge in [0.2, 0.25) is 15.9 Å². The number of aromatic nitrogens is 3. The molecule has 0 aliphatic carbocycles.